The average molecular weight is 207 g/mol. The van der Waals surface area contributed by atoms with Crippen LogP contribution in [0, 0.1) is 0 Å². The van der Waals surface area contributed by atoms with Crippen molar-refractivity contribution < 1.29 is 0 Å². The fourth-order valence-corrected chi connectivity index (χ4v) is 2.23. The number of para-hydroxylation sites is 2. The summed E-state index contributed by atoms with van der Waals surface area (Å²) in [5, 5.41) is 2.55. The number of hydrogen-bond acceptors (Lipinski definition) is 0. The van der Waals surface area contributed by atoms with Gasteiger partial charge in [0.1, 0.15) is 0 Å². The Labute approximate surface area is 94.4 Å². The Kier molecular flexibility index (Phi) is 1.87. The third kappa shape index (κ3) is 1.18. The van der Waals surface area contributed by atoms with Gasteiger partial charge in [-0.25, -0.2) is 0 Å². The third-order valence-electron chi connectivity index (χ3n) is 3.00. The van der Waals surface area contributed by atoms with Crippen molar-refractivity contribution in [3.63, 3.8) is 0 Å². The van der Waals surface area contributed by atoms with Crippen molar-refractivity contribution in [1.29, 1.82) is 0 Å². The molecule has 1 heteroatoms. The van der Waals surface area contributed by atoms with E-state index in [9.17, 15) is 0 Å². The first-order chi connectivity index (χ1) is 7.77. The van der Waals surface area contributed by atoms with Crippen molar-refractivity contribution in [3.8, 4) is 0 Å². The number of rotatable bonds is 1. The van der Waals surface area contributed by atoms with Crippen molar-refractivity contribution >= 4 is 27.4 Å². The summed E-state index contributed by atoms with van der Waals surface area (Å²) in [5.74, 6) is 0. The van der Waals surface area contributed by atoms with E-state index in [0.29, 0.717) is 0 Å². The molecular formula is C15H13N. The second-order valence-electron chi connectivity index (χ2n) is 4.18. The maximum atomic E-state index is 4.03. The maximum Gasteiger partial charge on any atom is 0.0540 e. The molecule has 3 aromatic rings. The van der Waals surface area contributed by atoms with Crippen LogP contribution in [-0.4, -0.2) is 4.98 Å². The molecule has 0 saturated carbocycles. The first-order valence-corrected chi connectivity index (χ1v) is 5.42. The summed E-state index contributed by atoms with van der Waals surface area (Å²) < 4.78 is 0. The molecule has 1 heterocycles. The standard InChI is InChI=1S/C15H13N/c1-10(2)11-7-5-8-13-12-6-3-4-9-14(12)16-15(11)13/h3-9,16H,1H2,2H3. The Morgan fingerprint density at radius 2 is 1.75 bits per heavy atom. The van der Waals surface area contributed by atoms with E-state index in [-0.39, 0.29) is 0 Å². The minimum atomic E-state index is 1.09. The van der Waals surface area contributed by atoms with E-state index in [1.165, 1.54) is 27.4 Å². The van der Waals surface area contributed by atoms with Crippen molar-refractivity contribution in [1.82, 2.24) is 4.98 Å². The summed E-state index contributed by atoms with van der Waals surface area (Å²) in [5.41, 5.74) is 4.67. The lowest BCUT2D eigenvalue weighted by Gasteiger charge is -2.00. The van der Waals surface area contributed by atoms with Gasteiger partial charge in [-0.05, 0) is 18.6 Å². The van der Waals surface area contributed by atoms with Gasteiger partial charge in [-0.2, -0.15) is 0 Å². The Morgan fingerprint density at radius 3 is 2.56 bits per heavy atom. The molecule has 16 heavy (non-hydrogen) atoms. The van der Waals surface area contributed by atoms with Gasteiger partial charge in [0.15, 0.2) is 0 Å². The minimum Gasteiger partial charge on any atom is -0.354 e. The Balaban J connectivity index is 2.54. The van der Waals surface area contributed by atoms with Gasteiger partial charge in [0.25, 0.3) is 0 Å². The molecule has 0 unspecified atom stereocenters. The van der Waals surface area contributed by atoms with Crippen LogP contribution in [0.25, 0.3) is 27.4 Å². The van der Waals surface area contributed by atoms with E-state index in [4.69, 9.17) is 0 Å². The summed E-state index contributed by atoms with van der Waals surface area (Å²) in [6.45, 7) is 6.07. The van der Waals surface area contributed by atoms with Crippen LogP contribution < -0.4 is 0 Å². The summed E-state index contributed by atoms with van der Waals surface area (Å²) in [6.07, 6.45) is 0. The number of allylic oxidation sites excluding steroid dienone is 1. The molecule has 0 aliphatic rings. The van der Waals surface area contributed by atoms with Gasteiger partial charge in [0, 0.05) is 21.9 Å². The topological polar surface area (TPSA) is 15.8 Å². The summed E-state index contributed by atoms with van der Waals surface area (Å²) in [4.78, 5) is 3.47. The molecule has 0 radical (unpaired) electrons. The molecule has 3 rings (SSSR count). The lowest BCUT2D eigenvalue weighted by Crippen LogP contribution is -1.79. The number of H-pyrrole nitrogens is 1. The summed E-state index contributed by atoms with van der Waals surface area (Å²) in [7, 11) is 0. The van der Waals surface area contributed by atoms with Crippen LogP contribution in [0.3, 0.4) is 0 Å². The number of fused-ring (bicyclic) bond motifs is 3. The Morgan fingerprint density at radius 1 is 1.00 bits per heavy atom. The van der Waals surface area contributed by atoms with E-state index in [1.54, 1.807) is 0 Å². The zero-order valence-electron chi connectivity index (χ0n) is 9.25. The molecule has 0 spiro atoms. The maximum absolute atomic E-state index is 4.03. The van der Waals surface area contributed by atoms with Crippen LogP contribution in [0.15, 0.2) is 49.0 Å². The van der Waals surface area contributed by atoms with E-state index in [1.807, 2.05) is 6.92 Å². The molecule has 0 amide bonds. The van der Waals surface area contributed by atoms with Crippen molar-refractivity contribution in [3.05, 3.63) is 54.6 Å². The number of nitrogens with one attached hydrogen (secondary N) is 1. The van der Waals surface area contributed by atoms with Gasteiger partial charge in [-0.1, -0.05) is 43.0 Å². The van der Waals surface area contributed by atoms with Crippen LogP contribution in [-0.2, 0) is 0 Å². The van der Waals surface area contributed by atoms with Crippen molar-refractivity contribution in [2.75, 3.05) is 0 Å². The second kappa shape index (κ2) is 3.24. The zero-order valence-corrected chi connectivity index (χ0v) is 9.25. The predicted molar refractivity (Wildman–Crippen MR) is 70.5 cm³/mol. The van der Waals surface area contributed by atoms with Crippen LogP contribution in [0.4, 0.5) is 0 Å². The lowest BCUT2D eigenvalue weighted by molar-refractivity contribution is 1.51. The normalized spacial score (nSPS) is 11.1. The first-order valence-electron chi connectivity index (χ1n) is 5.42. The molecule has 1 N–H and O–H groups in total. The second-order valence-corrected chi connectivity index (χ2v) is 4.18. The quantitative estimate of drug-likeness (QED) is 0.610. The predicted octanol–water partition coefficient (Wildman–Crippen LogP) is 4.35. The van der Waals surface area contributed by atoms with Crippen LogP contribution >= 0.6 is 0 Å². The molecule has 78 valence electrons. The Hall–Kier alpha value is -2.02. The molecular weight excluding hydrogens is 194 g/mol. The molecule has 0 aliphatic heterocycles. The Bertz CT molecular complexity index is 689. The van der Waals surface area contributed by atoms with Crippen LogP contribution in [0.5, 0.6) is 0 Å². The molecule has 0 aliphatic carbocycles. The highest BCUT2D eigenvalue weighted by Crippen LogP contribution is 2.29. The van der Waals surface area contributed by atoms with Gasteiger partial charge < -0.3 is 4.98 Å². The van der Waals surface area contributed by atoms with E-state index >= 15 is 0 Å². The van der Waals surface area contributed by atoms with Gasteiger partial charge in [0.05, 0.1) is 5.52 Å². The van der Waals surface area contributed by atoms with E-state index in [0.717, 1.165) is 5.57 Å². The van der Waals surface area contributed by atoms with Crippen molar-refractivity contribution in [2.45, 2.75) is 6.92 Å². The largest absolute Gasteiger partial charge is 0.354 e. The van der Waals surface area contributed by atoms with Gasteiger partial charge in [0.2, 0.25) is 0 Å². The van der Waals surface area contributed by atoms with Gasteiger partial charge in [-0.3, -0.25) is 0 Å². The molecule has 0 saturated heterocycles. The zero-order chi connectivity index (χ0) is 11.1. The smallest absolute Gasteiger partial charge is 0.0540 e. The SMILES string of the molecule is C=C(C)c1cccc2c1[nH]c1ccccc12. The monoisotopic (exact) mass is 207 g/mol. The van der Waals surface area contributed by atoms with Crippen molar-refractivity contribution in [2.24, 2.45) is 0 Å². The van der Waals surface area contributed by atoms with E-state index < -0.39 is 0 Å². The highest BCUT2D eigenvalue weighted by molar-refractivity contribution is 6.10. The first kappa shape index (κ1) is 9.22. The molecule has 2 aromatic carbocycles. The number of benzene rings is 2. The fraction of sp³-hybridized carbons (Fsp3) is 0.0667. The molecule has 0 bridgehead atoms. The summed E-state index contributed by atoms with van der Waals surface area (Å²) in [6, 6.07) is 14.7. The van der Waals surface area contributed by atoms with E-state index in [2.05, 4.69) is 54.0 Å². The van der Waals surface area contributed by atoms with Gasteiger partial charge >= 0.3 is 0 Å². The van der Waals surface area contributed by atoms with Crippen LogP contribution in [0.1, 0.15) is 12.5 Å². The average Bonchev–Trinajstić information content (AvgIpc) is 2.67. The minimum absolute atomic E-state index is 1.09. The molecule has 1 aromatic heterocycles. The highest BCUT2D eigenvalue weighted by atomic mass is 14.7. The van der Waals surface area contributed by atoms with Gasteiger partial charge in [-0.15, -0.1) is 0 Å². The third-order valence-corrected chi connectivity index (χ3v) is 3.00. The number of aromatic nitrogens is 1. The van der Waals surface area contributed by atoms with Crippen LogP contribution in [0.2, 0.25) is 0 Å². The number of aromatic amines is 1. The molecule has 1 nitrogen and oxygen atoms in total. The molecule has 0 atom stereocenters. The number of hydrogen-bond donors (Lipinski definition) is 1. The highest BCUT2D eigenvalue weighted by Gasteiger charge is 2.06. The lowest BCUT2D eigenvalue weighted by atomic mass is 10.0. The molecule has 0 fully saturated rings. The summed E-state index contributed by atoms with van der Waals surface area (Å²) >= 11 is 0. The fourth-order valence-electron chi connectivity index (χ4n) is 2.23.